The largest absolute Gasteiger partial charge is 0.480 e. The lowest BCUT2D eigenvalue weighted by atomic mass is 10.2. The first-order valence-corrected chi connectivity index (χ1v) is 8.39. The summed E-state index contributed by atoms with van der Waals surface area (Å²) in [6.45, 7) is 0. The lowest BCUT2D eigenvalue weighted by Gasteiger charge is -2.08. The Kier molecular flexibility index (Phi) is 4.05. The van der Waals surface area contributed by atoms with Gasteiger partial charge >= 0.3 is 12.0 Å². The molecule has 0 spiro atoms. The Balaban J connectivity index is 2.42. The maximum atomic E-state index is 12.9. The number of carbonyl (C=O) groups is 1. The predicted molar refractivity (Wildman–Crippen MR) is 86.6 cm³/mol. The maximum absolute atomic E-state index is 12.9. The summed E-state index contributed by atoms with van der Waals surface area (Å²) in [7, 11) is -1.49. The van der Waals surface area contributed by atoms with Gasteiger partial charge in [-0.1, -0.05) is 18.2 Å². The average molecular weight is 363 g/mol. The molecule has 3 rings (SSSR count). The molecule has 0 aliphatic carbocycles. The Hall–Kier alpha value is -3.14. The van der Waals surface area contributed by atoms with Gasteiger partial charge in [-0.15, -0.1) is 0 Å². The van der Waals surface area contributed by atoms with Crippen LogP contribution in [0.1, 0.15) is 10.4 Å². The van der Waals surface area contributed by atoms with Gasteiger partial charge in [0.05, 0.1) is 30.1 Å². The number of carboxylic acid groups (broad SMARTS) is 1. The third-order valence-electron chi connectivity index (χ3n) is 3.47. The molecule has 0 radical (unpaired) electrons. The number of fused-ring (bicyclic) bond motifs is 1. The van der Waals surface area contributed by atoms with Gasteiger partial charge in [0.1, 0.15) is 0 Å². The van der Waals surface area contributed by atoms with Gasteiger partial charge in [-0.05, 0) is 12.1 Å². The van der Waals surface area contributed by atoms with Gasteiger partial charge in [-0.2, -0.15) is 9.97 Å². The number of hydrogen-bond donors (Lipinski definition) is 1. The molecule has 0 atom stereocenters. The van der Waals surface area contributed by atoms with Crippen LogP contribution in [-0.2, 0) is 10.0 Å². The fourth-order valence-corrected chi connectivity index (χ4v) is 3.67. The molecule has 0 bridgehead atoms. The molecule has 0 fully saturated rings. The summed E-state index contributed by atoms with van der Waals surface area (Å²) in [4.78, 5) is 19.5. The number of benzene rings is 1. The number of methoxy groups -OCH3 is 2. The van der Waals surface area contributed by atoms with Crippen LogP contribution in [0.5, 0.6) is 11.9 Å². The first-order chi connectivity index (χ1) is 11.9. The van der Waals surface area contributed by atoms with Gasteiger partial charge in [0.25, 0.3) is 10.0 Å². The van der Waals surface area contributed by atoms with Crippen molar-refractivity contribution in [3.63, 3.8) is 0 Å². The van der Waals surface area contributed by atoms with Crippen LogP contribution in [-0.4, -0.2) is 47.7 Å². The van der Waals surface area contributed by atoms with E-state index in [1.54, 1.807) is 18.2 Å². The van der Waals surface area contributed by atoms with Gasteiger partial charge in [-0.25, -0.2) is 17.2 Å². The molecule has 0 saturated carbocycles. The lowest BCUT2D eigenvalue weighted by molar-refractivity contribution is 0.0698. The second-order valence-corrected chi connectivity index (χ2v) is 6.69. The summed E-state index contributed by atoms with van der Waals surface area (Å²) in [5.74, 6) is -1.43. The molecule has 2 heterocycles. The quantitative estimate of drug-likeness (QED) is 0.722. The summed E-state index contributed by atoms with van der Waals surface area (Å²) in [5, 5.41) is 9.40. The Labute approximate surface area is 142 Å². The van der Waals surface area contributed by atoms with Crippen LogP contribution in [0.3, 0.4) is 0 Å². The van der Waals surface area contributed by atoms with Gasteiger partial charge in [0.15, 0.2) is 5.65 Å². The van der Waals surface area contributed by atoms with E-state index in [-0.39, 0.29) is 33.4 Å². The minimum absolute atomic E-state index is 0.0135. The van der Waals surface area contributed by atoms with Gasteiger partial charge in [0.2, 0.25) is 5.88 Å². The highest BCUT2D eigenvalue weighted by Gasteiger charge is 2.28. The highest BCUT2D eigenvalue weighted by atomic mass is 32.2. The molecule has 0 saturated heterocycles. The average Bonchev–Trinajstić information content (AvgIpc) is 3.02. The summed E-state index contributed by atoms with van der Waals surface area (Å²) in [6, 6.07) is 7.45. The van der Waals surface area contributed by atoms with E-state index >= 15 is 0 Å². The molecule has 25 heavy (non-hydrogen) atoms. The van der Waals surface area contributed by atoms with Gasteiger partial charge in [-0.3, -0.25) is 0 Å². The molecular weight excluding hydrogens is 350 g/mol. The van der Waals surface area contributed by atoms with E-state index in [0.717, 1.165) is 10.2 Å². The highest BCUT2D eigenvalue weighted by Crippen LogP contribution is 2.32. The number of nitrogens with zero attached hydrogens (tertiary/aromatic N) is 3. The Morgan fingerprint density at radius 1 is 1.12 bits per heavy atom. The lowest BCUT2D eigenvalue weighted by Crippen LogP contribution is -2.13. The van der Waals surface area contributed by atoms with Crippen molar-refractivity contribution >= 4 is 27.0 Å². The van der Waals surface area contributed by atoms with E-state index in [0.29, 0.717) is 0 Å². The van der Waals surface area contributed by atoms with Crippen LogP contribution >= 0.6 is 0 Å². The molecule has 2 aromatic heterocycles. The smallest absolute Gasteiger partial charge is 0.338 e. The SMILES string of the molecule is COc1nc(OC)c2c(C(=O)O)cn(S(=O)(=O)c3ccccc3)c2n1. The zero-order chi connectivity index (χ0) is 18.2. The molecule has 1 N–H and O–H groups in total. The minimum Gasteiger partial charge on any atom is -0.480 e. The molecule has 0 unspecified atom stereocenters. The molecule has 0 aliphatic rings. The Morgan fingerprint density at radius 2 is 1.80 bits per heavy atom. The molecule has 1 aromatic carbocycles. The van der Waals surface area contributed by atoms with Crippen LogP contribution in [0.2, 0.25) is 0 Å². The Bertz CT molecular complexity index is 1060. The van der Waals surface area contributed by atoms with Crippen molar-refractivity contribution in [1.29, 1.82) is 0 Å². The molecule has 0 aliphatic heterocycles. The predicted octanol–water partition coefficient (Wildman–Crippen LogP) is 1.38. The van der Waals surface area contributed by atoms with Crippen molar-refractivity contribution in [3.8, 4) is 11.9 Å². The van der Waals surface area contributed by atoms with E-state index in [9.17, 15) is 18.3 Å². The van der Waals surface area contributed by atoms with Crippen molar-refractivity contribution in [2.45, 2.75) is 4.90 Å². The Morgan fingerprint density at radius 3 is 2.36 bits per heavy atom. The molecule has 10 heteroatoms. The first-order valence-electron chi connectivity index (χ1n) is 6.95. The molecule has 9 nitrogen and oxygen atoms in total. The summed E-state index contributed by atoms with van der Waals surface area (Å²) in [5.41, 5.74) is -0.445. The zero-order valence-electron chi connectivity index (χ0n) is 13.2. The van der Waals surface area contributed by atoms with Crippen LogP contribution in [0.15, 0.2) is 41.4 Å². The second kappa shape index (κ2) is 6.06. The number of carboxylic acids is 1. The first kappa shape index (κ1) is 16.7. The number of hydrogen-bond acceptors (Lipinski definition) is 7. The molecule has 130 valence electrons. The van der Waals surface area contributed by atoms with Crippen molar-refractivity contribution in [3.05, 3.63) is 42.1 Å². The van der Waals surface area contributed by atoms with E-state index in [1.807, 2.05) is 0 Å². The number of ether oxygens (including phenoxy) is 2. The van der Waals surface area contributed by atoms with E-state index in [2.05, 4.69) is 9.97 Å². The highest BCUT2D eigenvalue weighted by molar-refractivity contribution is 7.90. The summed E-state index contributed by atoms with van der Waals surface area (Å²) in [6.07, 6.45) is 0.978. The second-order valence-electron chi connectivity index (χ2n) is 4.88. The fraction of sp³-hybridized carbons (Fsp3) is 0.133. The number of aromatic carboxylic acids is 1. The molecule has 0 amide bonds. The van der Waals surface area contributed by atoms with E-state index < -0.39 is 16.0 Å². The van der Waals surface area contributed by atoms with E-state index in [1.165, 1.54) is 26.4 Å². The molecular formula is C15H13N3O6S. The summed E-state index contributed by atoms with van der Waals surface area (Å²) >= 11 is 0. The van der Waals surface area contributed by atoms with E-state index in [4.69, 9.17) is 9.47 Å². The third-order valence-corrected chi connectivity index (χ3v) is 5.13. The number of aromatic nitrogens is 3. The van der Waals surface area contributed by atoms with Crippen LogP contribution in [0.4, 0.5) is 0 Å². The van der Waals surface area contributed by atoms with Gasteiger partial charge in [0, 0.05) is 6.20 Å². The summed E-state index contributed by atoms with van der Waals surface area (Å²) < 4.78 is 36.6. The number of rotatable bonds is 5. The van der Waals surface area contributed by atoms with Crippen LogP contribution in [0.25, 0.3) is 11.0 Å². The van der Waals surface area contributed by atoms with Crippen molar-refractivity contribution in [2.24, 2.45) is 0 Å². The van der Waals surface area contributed by atoms with Crippen molar-refractivity contribution < 1.29 is 27.8 Å². The maximum Gasteiger partial charge on any atom is 0.338 e. The monoisotopic (exact) mass is 363 g/mol. The van der Waals surface area contributed by atoms with Gasteiger partial charge < -0.3 is 14.6 Å². The van der Waals surface area contributed by atoms with Crippen LogP contribution in [0, 0.1) is 0 Å². The minimum atomic E-state index is -4.08. The molecule has 3 aromatic rings. The topological polar surface area (TPSA) is 121 Å². The van der Waals surface area contributed by atoms with Crippen molar-refractivity contribution in [2.75, 3.05) is 14.2 Å². The third kappa shape index (κ3) is 2.66. The zero-order valence-corrected chi connectivity index (χ0v) is 14.0. The standard InChI is InChI=1S/C15H13N3O6S/c1-23-13-11-10(14(19)20)8-18(12(11)16-15(17-13)24-2)25(21,22)9-6-4-3-5-7-9/h3-8H,1-2H3,(H,19,20). The van der Waals surface area contributed by atoms with Crippen molar-refractivity contribution in [1.82, 2.24) is 13.9 Å². The van der Waals surface area contributed by atoms with Crippen LogP contribution < -0.4 is 9.47 Å². The normalized spacial score (nSPS) is 11.4. The fourth-order valence-electron chi connectivity index (χ4n) is 2.34.